The number of hydrogen-bond acceptors (Lipinski definition) is 3. The van der Waals surface area contributed by atoms with Gasteiger partial charge in [0.05, 0.1) is 6.54 Å². The molecule has 0 atom stereocenters. The maximum atomic E-state index is 11.8. The van der Waals surface area contributed by atoms with Gasteiger partial charge in [-0.15, -0.1) is 0 Å². The highest BCUT2D eigenvalue weighted by Gasteiger charge is 2.03. The zero-order valence-electron chi connectivity index (χ0n) is 12.2. The summed E-state index contributed by atoms with van der Waals surface area (Å²) in [5.41, 5.74) is 8.04. The van der Waals surface area contributed by atoms with Gasteiger partial charge in [-0.1, -0.05) is 11.8 Å². The Hall–Kier alpha value is -1.83. The summed E-state index contributed by atoms with van der Waals surface area (Å²) in [7, 11) is 0. The van der Waals surface area contributed by atoms with E-state index in [1.807, 2.05) is 32.0 Å². The molecule has 20 heavy (non-hydrogen) atoms. The van der Waals surface area contributed by atoms with Gasteiger partial charge in [-0.2, -0.15) is 0 Å². The minimum Gasteiger partial charge on any atom is -0.382 e. The molecule has 0 bridgehead atoms. The number of amides is 1. The van der Waals surface area contributed by atoms with Crippen molar-refractivity contribution in [3.05, 3.63) is 29.3 Å². The molecule has 0 aliphatic rings. The number of rotatable bonds is 6. The summed E-state index contributed by atoms with van der Waals surface area (Å²) in [6.45, 7) is 5.54. The average Bonchev–Trinajstić information content (AvgIpc) is 2.41. The second kappa shape index (κ2) is 9.13. The topological polar surface area (TPSA) is 64.3 Å². The number of ether oxygens (including phenoxy) is 1. The molecule has 0 aromatic heterocycles. The predicted molar refractivity (Wildman–Crippen MR) is 81.5 cm³/mol. The number of nitrogens with one attached hydrogen (secondary N) is 1. The first kappa shape index (κ1) is 16.2. The van der Waals surface area contributed by atoms with Crippen LogP contribution in [0.1, 0.15) is 30.9 Å². The van der Waals surface area contributed by atoms with Crippen LogP contribution in [0.4, 0.5) is 5.69 Å². The highest BCUT2D eigenvalue weighted by atomic mass is 16.5. The molecule has 1 amide bonds. The Morgan fingerprint density at radius 2 is 2.20 bits per heavy atom. The fourth-order valence-electron chi connectivity index (χ4n) is 1.78. The summed E-state index contributed by atoms with van der Waals surface area (Å²) in [4.78, 5) is 11.8. The van der Waals surface area contributed by atoms with Gasteiger partial charge >= 0.3 is 0 Å². The lowest BCUT2D eigenvalue weighted by atomic mass is 10.1. The van der Waals surface area contributed by atoms with E-state index in [2.05, 4.69) is 17.2 Å². The Bertz CT molecular complexity index is 501. The van der Waals surface area contributed by atoms with Crippen LogP contribution in [0.3, 0.4) is 0 Å². The van der Waals surface area contributed by atoms with Gasteiger partial charge in [0.15, 0.2) is 0 Å². The third-order valence-corrected chi connectivity index (χ3v) is 2.59. The van der Waals surface area contributed by atoms with Crippen LogP contribution in [0.5, 0.6) is 0 Å². The van der Waals surface area contributed by atoms with Gasteiger partial charge in [0.2, 0.25) is 5.91 Å². The standard InChI is InChI=1S/C16H22N2O2/c1-3-20-9-5-7-16(19)18-15-11-13(2)10-14(12-15)6-4-8-17/h10-12H,3,5,7-9,17H2,1-2H3,(H,18,19). The first-order valence-electron chi connectivity index (χ1n) is 6.84. The molecule has 3 N–H and O–H groups in total. The first-order valence-corrected chi connectivity index (χ1v) is 6.84. The minimum absolute atomic E-state index is 0.00645. The van der Waals surface area contributed by atoms with E-state index in [4.69, 9.17) is 10.5 Å². The van der Waals surface area contributed by atoms with Gasteiger partial charge in [0, 0.05) is 30.9 Å². The summed E-state index contributed by atoms with van der Waals surface area (Å²) < 4.78 is 5.21. The summed E-state index contributed by atoms with van der Waals surface area (Å²) >= 11 is 0. The molecular weight excluding hydrogens is 252 g/mol. The van der Waals surface area contributed by atoms with Crippen molar-refractivity contribution >= 4 is 11.6 Å². The molecule has 0 spiro atoms. The van der Waals surface area contributed by atoms with Gasteiger partial charge in [0.25, 0.3) is 0 Å². The van der Waals surface area contributed by atoms with Crippen LogP contribution >= 0.6 is 0 Å². The van der Waals surface area contributed by atoms with Gasteiger partial charge in [-0.25, -0.2) is 0 Å². The van der Waals surface area contributed by atoms with Crippen LogP contribution in [-0.2, 0) is 9.53 Å². The molecule has 0 unspecified atom stereocenters. The normalized spacial score (nSPS) is 9.75. The van der Waals surface area contributed by atoms with E-state index in [-0.39, 0.29) is 5.91 Å². The Morgan fingerprint density at radius 1 is 1.40 bits per heavy atom. The number of hydrogen-bond donors (Lipinski definition) is 2. The SMILES string of the molecule is CCOCCCC(=O)Nc1cc(C)cc(C#CCN)c1. The maximum absolute atomic E-state index is 11.8. The van der Waals surface area contributed by atoms with Crippen LogP contribution in [0.2, 0.25) is 0 Å². The minimum atomic E-state index is -0.00645. The summed E-state index contributed by atoms with van der Waals surface area (Å²) in [6, 6.07) is 5.75. The van der Waals surface area contributed by atoms with Crippen LogP contribution in [0.15, 0.2) is 18.2 Å². The molecule has 1 rings (SSSR count). The molecular formula is C16H22N2O2. The van der Waals surface area contributed by atoms with Crippen molar-refractivity contribution in [3.8, 4) is 11.8 Å². The molecule has 0 fully saturated rings. The maximum Gasteiger partial charge on any atom is 0.224 e. The predicted octanol–water partition coefficient (Wildman–Crippen LogP) is 2.06. The first-order chi connectivity index (χ1) is 9.65. The van der Waals surface area contributed by atoms with Crippen molar-refractivity contribution < 1.29 is 9.53 Å². The number of anilines is 1. The zero-order chi connectivity index (χ0) is 14.8. The molecule has 0 aliphatic heterocycles. The van der Waals surface area contributed by atoms with Crippen molar-refractivity contribution in [1.82, 2.24) is 0 Å². The van der Waals surface area contributed by atoms with Crippen molar-refractivity contribution in [2.45, 2.75) is 26.7 Å². The van der Waals surface area contributed by atoms with Crippen molar-refractivity contribution in [3.63, 3.8) is 0 Å². The smallest absolute Gasteiger partial charge is 0.224 e. The summed E-state index contributed by atoms with van der Waals surface area (Å²) in [5.74, 6) is 5.78. The Labute approximate surface area is 120 Å². The van der Waals surface area contributed by atoms with E-state index < -0.39 is 0 Å². The fraction of sp³-hybridized carbons (Fsp3) is 0.438. The second-order valence-electron chi connectivity index (χ2n) is 4.44. The Kier molecular flexibility index (Phi) is 7.41. The summed E-state index contributed by atoms with van der Waals surface area (Å²) in [5, 5.41) is 2.88. The number of aryl methyl sites for hydroxylation is 1. The van der Waals surface area contributed by atoms with E-state index in [1.165, 1.54) is 0 Å². The molecule has 4 heteroatoms. The van der Waals surface area contributed by atoms with Crippen LogP contribution in [0.25, 0.3) is 0 Å². The van der Waals surface area contributed by atoms with E-state index in [9.17, 15) is 4.79 Å². The Balaban J connectivity index is 2.58. The second-order valence-corrected chi connectivity index (χ2v) is 4.44. The molecule has 0 saturated heterocycles. The monoisotopic (exact) mass is 274 g/mol. The van der Waals surface area contributed by atoms with Crippen LogP contribution in [-0.4, -0.2) is 25.7 Å². The quantitative estimate of drug-likeness (QED) is 0.616. The number of nitrogens with two attached hydrogens (primary N) is 1. The van der Waals surface area contributed by atoms with Gasteiger partial charge < -0.3 is 15.8 Å². The third-order valence-electron chi connectivity index (χ3n) is 2.59. The zero-order valence-corrected chi connectivity index (χ0v) is 12.2. The molecule has 1 aromatic carbocycles. The summed E-state index contributed by atoms with van der Waals surface area (Å²) in [6.07, 6.45) is 1.18. The van der Waals surface area contributed by atoms with Crippen molar-refractivity contribution in [1.29, 1.82) is 0 Å². The molecule has 0 saturated carbocycles. The molecule has 0 radical (unpaired) electrons. The van der Waals surface area contributed by atoms with Crippen molar-refractivity contribution in [2.75, 3.05) is 25.1 Å². The van der Waals surface area contributed by atoms with E-state index in [0.29, 0.717) is 26.2 Å². The largest absolute Gasteiger partial charge is 0.382 e. The third kappa shape index (κ3) is 6.37. The van der Waals surface area contributed by atoms with Gasteiger partial charge in [-0.3, -0.25) is 4.79 Å². The van der Waals surface area contributed by atoms with Gasteiger partial charge in [-0.05, 0) is 44.0 Å². The molecule has 108 valence electrons. The number of carbonyl (C=O) groups is 1. The molecule has 1 aromatic rings. The average molecular weight is 274 g/mol. The lowest BCUT2D eigenvalue weighted by Crippen LogP contribution is -2.12. The van der Waals surface area contributed by atoms with Crippen molar-refractivity contribution in [2.24, 2.45) is 5.73 Å². The number of carbonyl (C=O) groups excluding carboxylic acids is 1. The molecule has 0 aliphatic carbocycles. The molecule has 4 nitrogen and oxygen atoms in total. The van der Waals surface area contributed by atoms with Crippen LogP contribution < -0.4 is 11.1 Å². The lowest BCUT2D eigenvalue weighted by Gasteiger charge is -2.07. The highest BCUT2D eigenvalue weighted by Crippen LogP contribution is 2.14. The number of benzene rings is 1. The highest BCUT2D eigenvalue weighted by molar-refractivity contribution is 5.91. The lowest BCUT2D eigenvalue weighted by molar-refractivity contribution is -0.116. The Morgan fingerprint density at radius 3 is 2.90 bits per heavy atom. The molecule has 0 heterocycles. The van der Waals surface area contributed by atoms with E-state index in [1.54, 1.807) is 0 Å². The van der Waals surface area contributed by atoms with E-state index in [0.717, 1.165) is 23.2 Å². The fourth-order valence-corrected chi connectivity index (χ4v) is 1.78. The van der Waals surface area contributed by atoms with Crippen LogP contribution in [0, 0.1) is 18.8 Å². The van der Waals surface area contributed by atoms with E-state index >= 15 is 0 Å². The van der Waals surface area contributed by atoms with Gasteiger partial charge in [0.1, 0.15) is 0 Å².